The first kappa shape index (κ1) is 7.31. The minimum absolute atomic E-state index is 0.153. The van der Waals surface area contributed by atoms with E-state index in [0.717, 1.165) is 16.8 Å². The summed E-state index contributed by atoms with van der Waals surface area (Å²) in [6.07, 6.45) is 0. The van der Waals surface area contributed by atoms with Crippen LogP contribution in [0.25, 0.3) is 0 Å². The van der Waals surface area contributed by atoms with Gasteiger partial charge in [-0.25, -0.2) is 0 Å². The average molecular weight is 162 g/mol. The summed E-state index contributed by atoms with van der Waals surface area (Å²) in [6, 6.07) is 5.70. The summed E-state index contributed by atoms with van der Waals surface area (Å²) in [5, 5.41) is 3.01. The lowest BCUT2D eigenvalue weighted by molar-refractivity contribution is 0.101. The van der Waals surface area contributed by atoms with Crippen molar-refractivity contribution in [2.75, 3.05) is 11.9 Å². The van der Waals surface area contributed by atoms with Gasteiger partial charge in [0.25, 0.3) is 0 Å². The first-order valence-electron chi connectivity index (χ1n) is 3.91. The smallest absolute Gasteiger partial charge is 0.183 e. The molecule has 1 aromatic carbocycles. The van der Waals surface area contributed by atoms with Gasteiger partial charge in [-0.05, 0) is 17.7 Å². The van der Waals surface area contributed by atoms with Crippen LogP contribution in [0.4, 0.5) is 5.69 Å². The van der Waals surface area contributed by atoms with Crippen LogP contribution in [0.15, 0.2) is 18.2 Å². The van der Waals surface area contributed by atoms with Gasteiger partial charge in [0.15, 0.2) is 5.78 Å². The van der Waals surface area contributed by atoms with Crippen LogP contribution in [0.1, 0.15) is 15.9 Å². The van der Waals surface area contributed by atoms with Crippen molar-refractivity contribution in [3.63, 3.8) is 0 Å². The molecule has 3 heteroatoms. The SMILES string of the molecule is NCc1ccc2c(c1)C(=O)CN2. The molecule has 0 fully saturated rings. The fourth-order valence-corrected chi connectivity index (χ4v) is 1.37. The third-order valence-corrected chi connectivity index (χ3v) is 2.06. The number of carbonyl (C=O) groups is 1. The van der Waals surface area contributed by atoms with Crippen LogP contribution in [0.2, 0.25) is 0 Å². The van der Waals surface area contributed by atoms with E-state index in [1.165, 1.54) is 0 Å². The Hall–Kier alpha value is -1.35. The molecule has 1 aliphatic heterocycles. The number of benzene rings is 1. The fourth-order valence-electron chi connectivity index (χ4n) is 1.37. The molecule has 0 saturated carbocycles. The second kappa shape index (κ2) is 2.60. The molecule has 0 saturated heterocycles. The van der Waals surface area contributed by atoms with Gasteiger partial charge in [-0.3, -0.25) is 4.79 Å². The average Bonchev–Trinajstić information content (AvgIpc) is 2.47. The van der Waals surface area contributed by atoms with Crippen molar-refractivity contribution >= 4 is 11.5 Å². The quantitative estimate of drug-likeness (QED) is 0.640. The lowest BCUT2D eigenvalue weighted by atomic mass is 10.1. The van der Waals surface area contributed by atoms with Crippen LogP contribution in [0, 0.1) is 0 Å². The second-order valence-electron chi connectivity index (χ2n) is 2.86. The Kier molecular flexibility index (Phi) is 1.59. The summed E-state index contributed by atoms with van der Waals surface area (Å²) in [5.41, 5.74) is 8.17. The van der Waals surface area contributed by atoms with Gasteiger partial charge in [0, 0.05) is 17.8 Å². The molecule has 1 aliphatic rings. The Bertz CT molecular complexity index is 333. The monoisotopic (exact) mass is 162 g/mol. The minimum Gasteiger partial charge on any atom is -0.377 e. The second-order valence-corrected chi connectivity index (χ2v) is 2.86. The maximum absolute atomic E-state index is 11.2. The molecule has 3 N–H and O–H groups in total. The number of ketones is 1. The van der Waals surface area contributed by atoms with Crippen LogP contribution in [0.3, 0.4) is 0 Å². The molecule has 0 aliphatic carbocycles. The number of anilines is 1. The molecule has 0 atom stereocenters. The van der Waals surface area contributed by atoms with Crippen molar-refractivity contribution in [2.45, 2.75) is 6.54 Å². The van der Waals surface area contributed by atoms with Crippen LogP contribution in [0.5, 0.6) is 0 Å². The molecule has 2 rings (SSSR count). The third-order valence-electron chi connectivity index (χ3n) is 2.06. The molecule has 0 spiro atoms. The zero-order valence-corrected chi connectivity index (χ0v) is 6.63. The van der Waals surface area contributed by atoms with E-state index >= 15 is 0 Å². The lowest BCUT2D eigenvalue weighted by Crippen LogP contribution is -2.01. The van der Waals surface area contributed by atoms with Gasteiger partial charge in [-0.2, -0.15) is 0 Å². The van der Waals surface area contributed by atoms with Crippen molar-refractivity contribution in [3.8, 4) is 0 Å². The van der Waals surface area contributed by atoms with Gasteiger partial charge in [0.05, 0.1) is 6.54 Å². The van der Waals surface area contributed by atoms with Gasteiger partial charge in [-0.1, -0.05) is 6.07 Å². The predicted molar refractivity (Wildman–Crippen MR) is 47.2 cm³/mol. The molecule has 1 heterocycles. The number of nitrogens with two attached hydrogens (primary N) is 1. The molecular weight excluding hydrogens is 152 g/mol. The van der Waals surface area contributed by atoms with E-state index in [1.54, 1.807) is 0 Å². The van der Waals surface area contributed by atoms with E-state index in [4.69, 9.17) is 5.73 Å². The Balaban J connectivity index is 2.50. The van der Waals surface area contributed by atoms with E-state index < -0.39 is 0 Å². The summed E-state index contributed by atoms with van der Waals surface area (Å²) >= 11 is 0. The summed E-state index contributed by atoms with van der Waals surface area (Å²) in [4.78, 5) is 11.2. The van der Waals surface area contributed by atoms with Crippen molar-refractivity contribution in [1.82, 2.24) is 0 Å². The summed E-state index contributed by atoms with van der Waals surface area (Å²) < 4.78 is 0. The number of nitrogens with one attached hydrogen (secondary N) is 1. The molecular formula is C9H10N2O. The van der Waals surface area contributed by atoms with Crippen molar-refractivity contribution < 1.29 is 4.79 Å². The fraction of sp³-hybridized carbons (Fsp3) is 0.222. The molecule has 0 radical (unpaired) electrons. The highest BCUT2D eigenvalue weighted by atomic mass is 16.1. The van der Waals surface area contributed by atoms with E-state index in [0.29, 0.717) is 13.1 Å². The van der Waals surface area contributed by atoms with Crippen LogP contribution < -0.4 is 11.1 Å². The van der Waals surface area contributed by atoms with Crippen molar-refractivity contribution in [2.24, 2.45) is 5.73 Å². The molecule has 0 bridgehead atoms. The number of fused-ring (bicyclic) bond motifs is 1. The Morgan fingerprint density at radius 1 is 1.50 bits per heavy atom. The van der Waals surface area contributed by atoms with E-state index in [1.807, 2.05) is 18.2 Å². The predicted octanol–water partition coefficient (Wildman–Crippen LogP) is 0.753. The van der Waals surface area contributed by atoms with Gasteiger partial charge in [-0.15, -0.1) is 0 Å². The molecule has 3 nitrogen and oxygen atoms in total. The van der Waals surface area contributed by atoms with Crippen LogP contribution in [-0.4, -0.2) is 12.3 Å². The maximum atomic E-state index is 11.2. The zero-order chi connectivity index (χ0) is 8.55. The van der Waals surface area contributed by atoms with Gasteiger partial charge < -0.3 is 11.1 Å². The van der Waals surface area contributed by atoms with Crippen molar-refractivity contribution in [3.05, 3.63) is 29.3 Å². The van der Waals surface area contributed by atoms with Gasteiger partial charge >= 0.3 is 0 Å². The van der Waals surface area contributed by atoms with Gasteiger partial charge in [0.2, 0.25) is 0 Å². The molecule has 12 heavy (non-hydrogen) atoms. The lowest BCUT2D eigenvalue weighted by Gasteiger charge is -1.99. The third kappa shape index (κ3) is 0.987. The first-order chi connectivity index (χ1) is 5.81. The van der Waals surface area contributed by atoms with Crippen LogP contribution >= 0.6 is 0 Å². The number of carbonyl (C=O) groups excluding carboxylic acids is 1. The standard InChI is InChI=1S/C9H10N2O/c10-4-6-1-2-8-7(3-6)9(12)5-11-8/h1-3,11H,4-5,10H2. The molecule has 0 unspecified atom stereocenters. The Labute approximate surface area is 70.6 Å². The normalized spacial score (nSPS) is 14.2. The largest absolute Gasteiger partial charge is 0.377 e. The summed E-state index contributed by atoms with van der Waals surface area (Å²) in [7, 11) is 0. The summed E-state index contributed by atoms with van der Waals surface area (Å²) in [6.45, 7) is 0.907. The minimum atomic E-state index is 0.153. The molecule has 0 amide bonds. The topological polar surface area (TPSA) is 55.1 Å². The van der Waals surface area contributed by atoms with E-state index in [2.05, 4.69) is 5.32 Å². The van der Waals surface area contributed by atoms with Crippen molar-refractivity contribution in [1.29, 1.82) is 0 Å². The van der Waals surface area contributed by atoms with E-state index in [9.17, 15) is 4.79 Å². The number of Topliss-reactive ketones (excluding diaryl/α,β-unsaturated/α-hetero) is 1. The highest BCUT2D eigenvalue weighted by Gasteiger charge is 2.18. The summed E-state index contributed by atoms with van der Waals surface area (Å²) in [5.74, 6) is 0.153. The number of hydrogen-bond acceptors (Lipinski definition) is 3. The number of hydrogen-bond donors (Lipinski definition) is 2. The highest BCUT2D eigenvalue weighted by Crippen LogP contribution is 2.22. The Morgan fingerprint density at radius 2 is 2.33 bits per heavy atom. The van der Waals surface area contributed by atoms with Crippen LogP contribution in [-0.2, 0) is 6.54 Å². The zero-order valence-electron chi connectivity index (χ0n) is 6.63. The Morgan fingerprint density at radius 3 is 3.08 bits per heavy atom. The first-order valence-corrected chi connectivity index (χ1v) is 3.91. The maximum Gasteiger partial charge on any atom is 0.183 e. The highest BCUT2D eigenvalue weighted by molar-refractivity contribution is 6.08. The molecule has 0 aromatic heterocycles. The molecule has 62 valence electrons. The number of rotatable bonds is 1. The van der Waals surface area contributed by atoms with E-state index in [-0.39, 0.29) is 5.78 Å². The van der Waals surface area contributed by atoms with Gasteiger partial charge in [0.1, 0.15) is 0 Å². The molecule has 1 aromatic rings.